The molecule has 1 saturated carbocycles. The maximum atomic E-state index is 12.9. The van der Waals surface area contributed by atoms with Gasteiger partial charge in [-0.2, -0.15) is 0 Å². The minimum atomic E-state index is -3.19. The van der Waals surface area contributed by atoms with Crippen LogP contribution in [-0.2, 0) is 15.6 Å². The molecule has 0 aromatic heterocycles. The molecule has 1 N–H and O–H groups in total. The molecule has 0 bridgehead atoms. The third kappa shape index (κ3) is 3.99. The second kappa shape index (κ2) is 6.67. The highest BCUT2D eigenvalue weighted by molar-refractivity contribution is 7.91. The lowest BCUT2D eigenvalue weighted by Crippen LogP contribution is -2.51. The van der Waals surface area contributed by atoms with E-state index in [-0.39, 0.29) is 23.0 Å². The SMILES string of the molecule is CNC1CC(C)CC(C)C1S(=O)(=O)Cc1ccc(Cl)cc1. The quantitative estimate of drug-likeness (QED) is 0.922. The molecule has 1 aromatic carbocycles. The van der Waals surface area contributed by atoms with Crippen LogP contribution in [0.5, 0.6) is 0 Å². The summed E-state index contributed by atoms with van der Waals surface area (Å²) in [5.41, 5.74) is 0.806. The summed E-state index contributed by atoms with van der Waals surface area (Å²) < 4.78 is 25.7. The zero-order chi connectivity index (χ0) is 15.6. The van der Waals surface area contributed by atoms with Gasteiger partial charge in [-0.3, -0.25) is 0 Å². The number of sulfone groups is 1. The van der Waals surface area contributed by atoms with E-state index in [1.54, 1.807) is 24.3 Å². The first kappa shape index (κ1) is 16.8. The molecule has 0 radical (unpaired) electrons. The van der Waals surface area contributed by atoms with Crippen LogP contribution in [0.15, 0.2) is 24.3 Å². The smallest absolute Gasteiger partial charge is 0.159 e. The predicted molar refractivity (Wildman–Crippen MR) is 88.3 cm³/mol. The first-order valence-corrected chi connectivity index (χ1v) is 9.56. The number of halogens is 1. The van der Waals surface area contributed by atoms with Gasteiger partial charge in [0, 0.05) is 11.1 Å². The summed E-state index contributed by atoms with van der Waals surface area (Å²) in [6, 6.07) is 7.12. The zero-order valence-electron chi connectivity index (χ0n) is 12.8. The highest BCUT2D eigenvalue weighted by Crippen LogP contribution is 2.34. The number of benzene rings is 1. The van der Waals surface area contributed by atoms with Crippen molar-refractivity contribution in [2.75, 3.05) is 7.05 Å². The van der Waals surface area contributed by atoms with Crippen molar-refractivity contribution in [3.63, 3.8) is 0 Å². The minimum Gasteiger partial charge on any atom is -0.316 e. The van der Waals surface area contributed by atoms with Crippen molar-refractivity contribution in [1.29, 1.82) is 0 Å². The standard InChI is InChI=1S/C16H24ClNO2S/c1-11-8-12(2)16(15(9-11)18-3)21(19,20)10-13-4-6-14(17)7-5-13/h4-7,11-12,15-16,18H,8-10H2,1-3H3. The van der Waals surface area contributed by atoms with Crippen LogP contribution in [0.4, 0.5) is 0 Å². The van der Waals surface area contributed by atoms with E-state index in [9.17, 15) is 8.42 Å². The van der Waals surface area contributed by atoms with Gasteiger partial charge in [0.15, 0.2) is 9.84 Å². The molecular weight excluding hydrogens is 306 g/mol. The van der Waals surface area contributed by atoms with Gasteiger partial charge in [-0.1, -0.05) is 37.6 Å². The van der Waals surface area contributed by atoms with E-state index in [2.05, 4.69) is 19.2 Å². The lowest BCUT2D eigenvalue weighted by Gasteiger charge is -2.39. The zero-order valence-corrected chi connectivity index (χ0v) is 14.4. The average molecular weight is 330 g/mol. The lowest BCUT2D eigenvalue weighted by atomic mass is 9.80. The van der Waals surface area contributed by atoms with E-state index in [4.69, 9.17) is 11.6 Å². The van der Waals surface area contributed by atoms with Gasteiger partial charge in [-0.05, 0) is 49.4 Å². The first-order chi connectivity index (χ1) is 9.83. The van der Waals surface area contributed by atoms with Gasteiger partial charge in [-0.15, -0.1) is 0 Å². The van der Waals surface area contributed by atoms with E-state index in [0.717, 1.165) is 18.4 Å². The van der Waals surface area contributed by atoms with Gasteiger partial charge >= 0.3 is 0 Å². The Morgan fingerprint density at radius 1 is 1.19 bits per heavy atom. The number of hydrogen-bond donors (Lipinski definition) is 1. The van der Waals surface area contributed by atoms with Gasteiger partial charge < -0.3 is 5.32 Å². The molecule has 1 aliphatic carbocycles. The highest BCUT2D eigenvalue weighted by Gasteiger charge is 2.41. The summed E-state index contributed by atoms with van der Waals surface area (Å²) in [7, 11) is -1.33. The van der Waals surface area contributed by atoms with Gasteiger partial charge in [0.1, 0.15) is 0 Å². The maximum Gasteiger partial charge on any atom is 0.159 e. The van der Waals surface area contributed by atoms with Crippen LogP contribution in [0.2, 0.25) is 5.02 Å². The summed E-state index contributed by atoms with van der Waals surface area (Å²) >= 11 is 5.86. The molecule has 2 rings (SSSR count). The van der Waals surface area contributed by atoms with Crippen LogP contribution in [0.1, 0.15) is 32.3 Å². The molecule has 4 unspecified atom stereocenters. The van der Waals surface area contributed by atoms with E-state index in [0.29, 0.717) is 10.9 Å². The summed E-state index contributed by atoms with van der Waals surface area (Å²) in [5.74, 6) is 0.842. The number of hydrogen-bond acceptors (Lipinski definition) is 3. The molecule has 0 heterocycles. The van der Waals surface area contributed by atoms with Crippen LogP contribution >= 0.6 is 11.6 Å². The molecule has 1 aliphatic rings. The fraction of sp³-hybridized carbons (Fsp3) is 0.625. The van der Waals surface area contributed by atoms with Crippen molar-refractivity contribution < 1.29 is 8.42 Å². The Labute approximate surface area is 133 Å². The number of rotatable bonds is 4. The van der Waals surface area contributed by atoms with Crippen molar-refractivity contribution in [1.82, 2.24) is 5.32 Å². The molecule has 21 heavy (non-hydrogen) atoms. The van der Waals surface area contributed by atoms with Crippen molar-refractivity contribution in [3.8, 4) is 0 Å². The Bertz CT molecular complexity index is 570. The van der Waals surface area contributed by atoms with Crippen molar-refractivity contribution >= 4 is 21.4 Å². The third-order valence-electron chi connectivity index (χ3n) is 4.45. The first-order valence-electron chi connectivity index (χ1n) is 7.46. The van der Waals surface area contributed by atoms with Crippen molar-refractivity contribution in [2.24, 2.45) is 11.8 Å². The van der Waals surface area contributed by atoms with Crippen LogP contribution in [-0.4, -0.2) is 26.8 Å². The Balaban J connectivity index is 2.22. The normalized spacial score (nSPS) is 30.3. The van der Waals surface area contributed by atoms with E-state index in [1.165, 1.54) is 0 Å². The molecule has 0 amide bonds. The fourth-order valence-electron chi connectivity index (χ4n) is 3.62. The minimum absolute atomic E-state index is 0.0426. The van der Waals surface area contributed by atoms with Gasteiger partial charge in [0.2, 0.25) is 0 Å². The number of nitrogens with one attached hydrogen (secondary N) is 1. The highest BCUT2D eigenvalue weighted by atomic mass is 35.5. The van der Waals surface area contributed by atoms with E-state index < -0.39 is 9.84 Å². The van der Waals surface area contributed by atoms with Crippen LogP contribution in [0, 0.1) is 11.8 Å². The molecule has 0 aliphatic heterocycles. The summed E-state index contributed by atoms with van der Waals surface area (Å²) in [5, 5.41) is 3.53. The summed E-state index contributed by atoms with van der Waals surface area (Å²) in [6.07, 6.45) is 1.90. The summed E-state index contributed by atoms with van der Waals surface area (Å²) in [4.78, 5) is 0. The second-order valence-corrected chi connectivity index (χ2v) is 8.94. The molecular formula is C16H24ClNO2S. The van der Waals surface area contributed by atoms with Crippen molar-refractivity contribution in [2.45, 2.75) is 43.7 Å². The average Bonchev–Trinajstić information content (AvgIpc) is 2.39. The monoisotopic (exact) mass is 329 g/mol. The topological polar surface area (TPSA) is 46.2 Å². The third-order valence-corrected chi connectivity index (χ3v) is 7.06. The fourth-order valence-corrected chi connectivity index (χ4v) is 6.17. The molecule has 1 aromatic rings. The van der Waals surface area contributed by atoms with E-state index in [1.807, 2.05) is 7.05 Å². The van der Waals surface area contributed by atoms with Gasteiger partial charge in [-0.25, -0.2) is 8.42 Å². The second-order valence-electron chi connectivity index (χ2n) is 6.35. The van der Waals surface area contributed by atoms with Gasteiger partial charge in [0.25, 0.3) is 0 Å². The predicted octanol–water partition coefficient (Wildman–Crippen LogP) is 3.28. The van der Waals surface area contributed by atoms with Gasteiger partial charge in [0.05, 0.1) is 11.0 Å². The molecule has 5 heteroatoms. The molecule has 3 nitrogen and oxygen atoms in total. The lowest BCUT2D eigenvalue weighted by molar-refractivity contribution is 0.249. The molecule has 1 fully saturated rings. The Hall–Kier alpha value is -0.580. The molecule has 0 saturated heterocycles. The maximum absolute atomic E-state index is 12.9. The Morgan fingerprint density at radius 2 is 1.81 bits per heavy atom. The van der Waals surface area contributed by atoms with Crippen LogP contribution in [0.3, 0.4) is 0 Å². The summed E-state index contributed by atoms with van der Waals surface area (Å²) in [6.45, 7) is 4.26. The molecule has 0 spiro atoms. The van der Waals surface area contributed by atoms with Crippen LogP contribution < -0.4 is 5.32 Å². The molecule has 118 valence electrons. The largest absolute Gasteiger partial charge is 0.316 e. The van der Waals surface area contributed by atoms with E-state index >= 15 is 0 Å². The molecule has 4 atom stereocenters. The Kier molecular flexibility index (Phi) is 5.33. The van der Waals surface area contributed by atoms with Crippen molar-refractivity contribution in [3.05, 3.63) is 34.9 Å². The van der Waals surface area contributed by atoms with Crippen LogP contribution in [0.25, 0.3) is 0 Å². The Morgan fingerprint density at radius 3 is 2.38 bits per heavy atom.